The minimum atomic E-state index is -0.859. The lowest BCUT2D eigenvalue weighted by Crippen LogP contribution is -1.95. The molecule has 0 aliphatic rings. The summed E-state index contributed by atoms with van der Waals surface area (Å²) in [5.41, 5.74) is 0.721. The van der Waals surface area contributed by atoms with E-state index in [-0.39, 0.29) is 37.2 Å². The van der Waals surface area contributed by atoms with Gasteiger partial charge in [0.05, 0.1) is 11.1 Å². The van der Waals surface area contributed by atoms with Crippen molar-refractivity contribution >= 4 is 23.2 Å². The lowest BCUT2D eigenvalue weighted by molar-refractivity contribution is 0.419. The molecule has 4 rings (SSSR count). The van der Waals surface area contributed by atoms with Crippen LogP contribution in [0.1, 0.15) is 26.0 Å². The Labute approximate surface area is 212 Å². The maximum absolute atomic E-state index is 13.5. The molecule has 8 nitrogen and oxygen atoms in total. The Balaban J connectivity index is 0.000000332. The van der Waals surface area contributed by atoms with Gasteiger partial charge in [-0.1, -0.05) is 62.3 Å². The second-order valence-electron chi connectivity index (χ2n) is 5.88. The molecule has 0 spiro atoms. The molecule has 0 atom stereocenters. The molecule has 11 heteroatoms. The molecule has 0 unspecified atom stereocenters. The Morgan fingerprint density at radius 1 is 0.743 bits per heavy atom. The number of nitrogens with zero attached hydrogens (tertiary/aromatic N) is 6. The number of aromatic nitrogens is 4. The van der Waals surface area contributed by atoms with Crippen LogP contribution in [0.3, 0.4) is 0 Å². The highest BCUT2D eigenvalue weighted by Gasteiger charge is 2.13. The maximum atomic E-state index is 13.5. The van der Waals surface area contributed by atoms with Crippen LogP contribution in [-0.4, -0.2) is 19.9 Å². The average Bonchev–Trinajstić information content (AvgIpc) is 2.83. The maximum Gasteiger partial charge on any atom is 0.260 e. The highest BCUT2D eigenvalue weighted by atomic mass is 35.5. The Kier molecular flexibility index (Phi) is 11.5. The SMILES string of the molecule is C.C.N#Cc1ccccc1Oc1cc(Cl)ncn1.N#Cc1ccccc1Oc1ncnc(Cl)c1F. The topological polar surface area (TPSA) is 118 Å². The van der Waals surface area contributed by atoms with Crippen molar-refractivity contribution in [1.29, 1.82) is 10.5 Å². The zero-order chi connectivity index (χ0) is 23.6. The van der Waals surface area contributed by atoms with Crippen LogP contribution in [0.15, 0.2) is 67.3 Å². The van der Waals surface area contributed by atoms with Crippen molar-refractivity contribution in [2.24, 2.45) is 0 Å². The van der Waals surface area contributed by atoms with Crippen LogP contribution in [0.25, 0.3) is 0 Å². The van der Waals surface area contributed by atoms with E-state index in [4.69, 9.17) is 43.2 Å². The van der Waals surface area contributed by atoms with Crippen LogP contribution >= 0.6 is 23.2 Å². The third-order valence-corrected chi connectivity index (χ3v) is 4.23. The lowest BCUT2D eigenvalue weighted by Gasteiger charge is -2.06. The van der Waals surface area contributed by atoms with Crippen LogP contribution in [-0.2, 0) is 0 Å². The van der Waals surface area contributed by atoms with E-state index in [0.717, 1.165) is 6.33 Å². The van der Waals surface area contributed by atoms with Gasteiger partial charge in [-0.05, 0) is 24.3 Å². The molecule has 2 heterocycles. The van der Waals surface area contributed by atoms with E-state index < -0.39 is 5.82 Å². The number of ether oxygens (including phenoxy) is 2. The molecule has 35 heavy (non-hydrogen) atoms. The number of para-hydroxylation sites is 2. The molecule has 0 N–H and O–H groups in total. The number of benzene rings is 2. The van der Waals surface area contributed by atoms with Gasteiger partial charge in [0.15, 0.2) is 5.15 Å². The van der Waals surface area contributed by atoms with E-state index in [9.17, 15) is 4.39 Å². The summed E-state index contributed by atoms with van der Waals surface area (Å²) in [6, 6.07) is 18.8. The van der Waals surface area contributed by atoms with Crippen molar-refractivity contribution in [2.75, 3.05) is 0 Å². The Bertz CT molecular complexity index is 1360. The molecule has 4 aromatic rings. The monoisotopic (exact) mass is 512 g/mol. The number of halogens is 3. The first-order valence-corrected chi connectivity index (χ1v) is 9.75. The van der Waals surface area contributed by atoms with Crippen LogP contribution in [0.2, 0.25) is 10.3 Å². The predicted molar refractivity (Wildman–Crippen MR) is 130 cm³/mol. The fraction of sp³-hybridized carbons (Fsp3) is 0.0833. The van der Waals surface area contributed by atoms with Crippen LogP contribution < -0.4 is 9.47 Å². The molecule has 0 saturated carbocycles. The van der Waals surface area contributed by atoms with Gasteiger partial charge in [0.1, 0.15) is 41.4 Å². The molecular weight excluding hydrogens is 494 g/mol. The van der Waals surface area contributed by atoms with Gasteiger partial charge in [-0.15, -0.1) is 0 Å². The fourth-order valence-electron chi connectivity index (χ4n) is 2.29. The zero-order valence-corrected chi connectivity index (χ0v) is 18.0. The largest absolute Gasteiger partial charge is 0.437 e. The van der Waals surface area contributed by atoms with Gasteiger partial charge in [0.25, 0.3) is 5.88 Å². The third kappa shape index (κ3) is 7.90. The molecular formula is C24H19Cl2FN6O2. The van der Waals surface area contributed by atoms with Gasteiger partial charge >= 0.3 is 0 Å². The second kappa shape index (κ2) is 14.1. The van der Waals surface area contributed by atoms with E-state index in [1.165, 1.54) is 18.5 Å². The van der Waals surface area contributed by atoms with Gasteiger partial charge in [0.2, 0.25) is 11.7 Å². The highest BCUT2D eigenvalue weighted by Crippen LogP contribution is 2.27. The van der Waals surface area contributed by atoms with Gasteiger partial charge in [-0.25, -0.2) is 15.0 Å². The standard InChI is InChI=1S/C11H5ClFN3O.C11H6ClN3O.2CH4/c12-10-9(13)11(16-6-15-10)17-8-4-2-1-3-7(8)5-14;12-10-5-11(15-7-14-10)16-9-4-2-1-3-8(9)6-13;;/h1-4,6H;1-5,7H;2*1H4. The van der Waals surface area contributed by atoms with Gasteiger partial charge in [-0.3, -0.25) is 0 Å². The van der Waals surface area contributed by atoms with Gasteiger partial charge < -0.3 is 9.47 Å². The first-order valence-electron chi connectivity index (χ1n) is 8.99. The van der Waals surface area contributed by atoms with Crippen molar-refractivity contribution in [3.63, 3.8) is 0 Å². The highest BCUT2D eigenvalue weighted by molar-refractivity contribution is 6.29. The second-order valence-corrected chi connectivity index (χ2v) is 6.63. The fourth-order valence-corrected chi connectivity index (χ4v) is 2.55. The summed E-state index contributed by atoms with van der Waals surface area (Å²) < 4.78 is 24.1. The van der Waals surface area contributed by atoms with E-state index in [1.807, 2.05) is 12.1 Å². The van der Waals surface area contributed by atoms with E-state index >= 15 is 0 Å². The molecule has 0 radical (unpaired) electrons. The summed E-state index contributed by atoms with van der Waals surface area (Å²) in [6.45, 7) is 0. The van der Waals surface area contributed by atoms with Crippen LogP contribution in [0.5, 0.6) is 23.3 Å². The normalized spacial score (nSPS) is 9.06. The molecule has 2 aromatic carbocycles. The van der Waals surface area contributed by atoms with Crippen LogP contribution in [0, 0.1) is 28.5 Å². The first kappa shape index (κ1) is 28.7. The average molecular weight is 513 g/mol. The minimum Gasteiger partial charge on any atom is -0.437 e. The molecule has 0 amide bonds. The Hall–Kier alpha value is -4.31. The summed E-state index contributed by atoms with van der Waals surface area (Å²) in [7, 11) is 0. The van der Waals surface area contributed by atoms with Crippen molar-refractivity contribution in [3.8, 4) is 35.4 Å². The van der Waals surface area contributed by atoms with Crippen molar-refractivity contribution < 1.29 is 13.9 Å². The number of hydrogen-bond donors (Lipinski definition) is 0. The molecule has 0 aliphatic heterocycles. The molecule has 178 valence electrons. The summed E-state index contributed by atoms with van der Waals surface area (Å²) in [5.74, 6) is -0.208. The number of nitriles is 2. The quantitative estimate of drug-likeness (QED) is 0.268. The number of rotatable bonds is 4. The summed E-state index contributed by atoms with van der Waals surface area (Å²) in [4.78, 5) is 14.7. The van der Waals surface area contributed by atoms with Gasteiger partial charge in [0, 0.05) is 6.07 Å². The predicted octanol–water partition coefficient (Wildman–Crippen LogP) is 7.00. The molecule has 2 aromatic heterocycles. The minimum absolute atomic E-state index is 0. The Morgan fingerprint density at radius 3 is 1.86 bits per heavy atom. The van der Waals surface area contributed by atoms with Crippen molar-refractivity contribution in [1.82, 2.24) is 19.9 Å². The summed E-state index contributed by atoms with van der Waals surface area (Å²) in [6.07, 6.45) is 2.38. The summed E-state index contributed by atoms with van der Waals surface area (Å²) in [5, 5.41) is 17.7. The van der Waals surface area contributed by atoms with Crippen molar-refractivity contribution in [3.05, 3.63) is 94.5 Å². The smallest absolute Gasteiger partial charge is 0.260 e. The van der Waals surface area contributed by atoms with E-state index in [0.29, 0.717) is 22.3 Å². The van der Waals surface area contributed by atoms with Crippen LogP contribution in [0.4, 0.5) is 4.39 Å². The Morgan fingerprint density at radius 2 is 1.29 bits per heavy atom. The van der Waals surface area contributed by atoms with E-state index in [2.05, 4.69) is 19.9 Å². The van der Waals surface area contributed by atoms with Gasteiger partial charge in [-0.2, -0.15) is 19.9 Å². The molecule has 0 aliphatic carbocycles. The molecule has 0 fully saturated rings. The van der Waals surface area contributed by atoms with Crippen molar-refractivity contribution in [2.45, 2.75) is 14.9 Å². The molecule has 0 bridgehead atoms. The van der Waals surface area contributed by atoms with E-state index in [1.54, 1.807) is 42.5 Å². The first-order chi connectivity index (χ1) is 16.0. The lowest BCUT2D eigenvalue weighted by atomic mass is 10.2. The number of hydrogen-bond acceptors (Lipinski definition) is 8. The molecule has 0 saturated heterocycles. The zero-order valence-electron chi connectivity index (χ0n) is 16.5. The third-order valence-electron chi connectivity index (χ3n) is 3.76. The summed E-state index contributed by atoms with van der Waals surface area (Å²) >= 11 is 11.2.